The Balaban J connectivity index is 2.27. The predicted octanol–water partition coefficient (Wildman–Crippen LogP) is 2.04. The number of unbranched alkanes of at least 4 members (excludes halogenated alkanes) is 4. The highest BCUT2D eigenvalue weighted by Gasteiger charge is 2.09. The molecule has 0 aliphatic carbocycles. The van der Waals surface area contributed by atoms with Gasteiger partial charge in [-0.25, -0.2) is 4.79 Å². The Morgan fingerprint density at radius 3 is 2.81 bits per heavy atom. The fraction of sp³-hybridized carbons (Fsp3) is 0.727. The van der Waals surface area contributed by atoms with Crippen LogP contribution in [0.3, 0.4) is 0 Å². The Morgan fingerprint density at radius 1 is 1.38 bits per heavy atom. The van der Waals surface area contributed by atoms with Crippen molar-refractivity contribution in [1.29, 1.82) is 0 Å². The van der Waals surface area contributed by atoms with E-state index >= 15 is 0 Å². The van der Waals surface area contributed by atoms with Crippen LogP contribution in [0.2, 0.25) is 0 Å². The number of rotatable bonds is 7. The maximum absolute atomic E-state index is 11.1. The normalized spacial score (nSPS) is 10.4. The molecule has 0 saturated heterocycles. The van der Waals surface area contributed by atoms with Crippen LogP contribution < -0.4 is 0 Å². The van der Waals surface area contributed by atoms with Crippen LogP contribution in [0.5, 0.6) is 0 Å². The Morgan fingerprint density at radius 2 is 2.12 bits per heavy atom. The van der Waals surface area contributed by atoms with Gasteiger partial charge in [0.1, 0.15) is 0 Å². The predicted molar refractivity (Wildman–Crippen MR) is 60.1 cm³/mol. The third-order valence-electron chi connectivity index (χ3n) is 2.42. The highest BCUT2D eigenvalue weighted by molar-refractivity contribution is 5.86. The minimum absolute atomic E-state index is 0.274. The molecule has 0 aromatic carbocycles. The first-order valence-electron chi connectivity index (χ1n) is 5.76. The van der Waals surface area contributed by atoms with Crippen LogP contribution in [0.1, 0.15) is 49.5 Å². The Labute approximate surface area is 95.8 Å². The van der Waals surface area contributed by atoms with Gasteiger partial charge in [-0.2, -0.15) is 0 Å². The zero-order valence-corrected chi connectivity index (χ0v) is 9.98. The minimum Gasteiger partial charge on any atom is -0.464 e. The molecule has 5 nitrogen and oxygen atoms in total. The topological polar surface area (TPSA) is 57.0 Å². The highest BCUT2D eigenvalue weighted by Crippen LogP contribution is 2.04. The zero-order chi connectivity index (χ0) is 11.8. The number of methoxy groups -OCH3 is 1. The zero-order valence-electron chi connectivity index (χ0n) is 9.98. The standard InChI is InChI=1S/C11H19N3O2/c1-3-4-5-6-7-8-14-9-10(12-13-14)11(15)16-2/h9H,3-8H2,1-2H3. The van der Waals surface area contributed by atoms with E-state index in [1.807, 2.05) is 0 Å². The van der Waals surface area contributed by atoms with Crippen molar-refractivity contribution in [2.75, 3.05) is 7.11 Å². The van der Waals surface area contributed by atoms with Gasteiger partial charge in [0.05, 0.1) is 13.3 Å². The molecule has 0 spiro atoms. The van der Waals surface area contributed by atoms with Gasteiger partial charge in [-0.3, -0.25) is 4.68 Å². The SMILES string of the molecule is CCCCCCCn1cc(C(=O)OC)nn1. The van der Waals surface area contributed by atoms with Crippen LogP contribution in [-0.4, -0.2) is 28.1 Å². The molecule has 0 aliphatic rings. The van der Waals surface area contributed by atoms with Crippen molar-refractivity contribution < 1.29 is 9.53 Å². The Bertz CT molecular complexity index is 323. The molecule has 0 fully saturated rings. The average molecular weight is 225 g/mol. The number of carbonyl (C=O) groups is 1. The molecule has 16 heavy (non-hydrogen) atoms. The summed E-state index contributed by atoms with van der Waals surface area (Å²) in [5.41, 5.74) is 0.274. The number of esters is 1. The summed E-state index contributed by atoms with van der Waals surface area (Å²) >= 11 is 0. The van der Waals surface area contributed by atoms with Crippen LogP contribution in [0.25, 0.3) is 0 Å². The third kappa shape index (κ3) is 4.00. The maximum atomic E-state index is 11.1. The van der Waals surface area contributed by atoms with E-state index in [2.05, 4.69) is 22.0 Å². The molecule has 1 aromatic rings. The van der Waals surface area contributed by atoms with Gasteiger partial charge in [-0.1, -0.05) is 37.8 Å². The van der Waals surface area contributed by atoms with Gasteiger partial charge in [0.2, 0.25) is 0 Å². The largest absolute Gasteiger partial charge is 0.464 e. The van der Waals surface area contributed by atoms with Crippen LogP contribution in [0, 0.1) is 0 Å². The van der Waals surface area contributed by atoms with Gasteiger partial charge in [-0.15, -0.1) is 5.10 Å². The van der Waals surface area contributed by atoms with E-state index in [9.17, 15) is 4.79 Å². The van der Waals surface area contributed by atoms with Crippen molar-refractivity contribution in [2.45, 2.75) is 45.6 Å². The number of hydrogen-bond acceptors (Lipinski definition) is 4. The lowest BCUT2D eigenvalue weighted by molar-refractivity contribution is 0.0594. The average Bonchev–Trinajstić information content (AvgIpc) is 2.76. The molecule has 0 radical (unpaired) electrons. The molecule has 0 aliphatic heterocycles. The van der Waals surface area contributed by atoms with Crippen molar-refractivity contribution >= 4 is 5.97 Å². The fourth-order valence-corrected chi connectivity index (χ4v) is 1.48. The molecule has 0 saturated carbocycles. The van der Waals surface area contributed by atoms with Crippen LogP contribution >= 0.6 is 0 Å². The van der Waals surface area contributed by atoms with Crippen molar-refractivity contribution in [3.05, 3.63) is 11.9 Å². The van der Waals surface area contributed by atoms with Crippen molar-refractivity contribution in [2.24, 2.45) is 0 Å². The second-order valence-corrected chi connectivity index (χ2v) is 3.77. The van der Waals surface area contributed by atoms with Crippen molar-refractivity contribution in [1.82, 2.24) is 15.0 Å². The van der Waals surface area contributed by atoms with Crippen LogP contribution in [0.4, 0.5) is 0 Å². The summed E-state index contributed by atoms with van der Waals surface area (Å²) in [7, 11) is 1.34. The lowest BCUT2D eigenvalue weighted by atomic mass is 10.1. The number of nitrogens with zero attached hydrogens (tertiary/aromatic N) is 3. The molecule has 1 heterocycles. The van der Waals surface area contributed by atoms with Crippen molar-refractivity contribution in [3.63, 3.8) is 0 Å². The Hall–Kier alpha value is -1.39. The van der Waals surface area contributed by atoms with E-state index in [1.54, 1.807) is 10.9 Å². The number of hydrogen-bond donors (Lipinski definition) is 0. The maximum Gasteiger partial charge on any atom is 0.360 e. The van der Waals surface area contributed by atoms with Gasteiger partial charge < -0.3 is 4.74 Å². The molecular formula is C11H19N3O2. The molecule has 0 atom stereocenters. The number of ether oxygens (including phenoxy) is 1. The third-order valence-corrected chi connectivity index (χ3v) is 2.42. The fourth-order valence-electron chi connectivity index (χ4n) is 1.48. The summed E-state index contributed by atoms with van der Waals surface area (Å²) in [5.74, 6) is -0.433. The lowest BCUT2D eigenvalue weighted by Gasteiger charge is -1.99. The van der Waals surface area contributed by atoms with E-state index in [0.717, 1.165) is 13.0 Å². The van der Waals surface area contributed by atoms with Gasteiger partial charge in [0.15, 0.2) is 5.69 Å². The van der Waals surface area contributed by atoms with Crippen LogP contribution in [0.15, 0.2) is 6.20 Å². The molecular weight excluding hydrogens is 206 g/mol. The molecule has 90 valence electrons. The molecule has 0 N–H and O–H groups in total. The summed E-state index contributed by atoms with van der Waals surface area (Å²) < 4.78 is 6.25. The second-order valence-electron chi connectivity index (χ2n) is 3.77. The van der Waals surface area contributed by atoms with E-state index < -0.39 is 5.97 Å². The minimum atomic E-state index is -0.433. The van der Waals surface area contributed by atoms with Gasteiger partial charge in [0.25, 0.3) is 0 Å². The molecule has 0 unspecified atom stereocenters. The second kappa shape index (κ2) is 6.98. The summed E-state index contributed by atoms with van der Waals surface area (Å²) in [4.78, 5) is 11.1. The van der Waals surface area contributed by atoms with Crippen molar-refractivity contribution in [3.8, 4) is 0 Å². The molecule has 1 rings (SSSR count). The quantitative estimate of drug-likeness (QED) is 0.526. The number of carbonyl (C=O) groups excluding carboxylic acids is 1. The molecule has 0 amide bonds. The number of aromatic nitrogens is 3. The first-order chi connectivity index (χ1) is 7.77. The smallest absolute Gasteiger partial charge is 0.360 e. The Kier molecular flexibility index (Phi) is 5.53. The summed E-state index contributed by atoms with van der Waals surface area (Å²) in [6.07, 6.45) is 7.69. The van der Waals surface area contributed by atoms with E-state index in [0.29, 0.717) is 0 Å². The summed E-state index contributed by atoms with van der Waals surface area (Å²) in [6.45, 7) is 3.01. The molecule has 5 heteroatoms. The van der Waals surface area contributed by atoms with Gasteiger partial charge >= 0.3 is 5.97 Å². The highest BCUT2D eigenvalue weighted by atomic mass is 16.5. The molecule has 1 aromatic heterocycles. The summed E-state index contributed by atoms with van der Waals surface area (Å²) in [5, 5.41) is 7.61. The lowest BCUT2D eigenvalue weighted by Crippen LogP contribution is -2.01. The van der Waals surface area contributed by atoms with E-state index in [-0.39, 0.29) is 5.69 Å². The van der Waals surface area contributed by atoms with E-state index in [1.165, 1.54) is 32.8 Å². The first kappa shape index (κ1) is 12.7. The monoisotopic (exact) mass is 225 g/mol. The summed E-state index contributed by atoms with van der Waals surface area (Å²) in [6, 6.07) is 0. The first-order valence-corrected chi connectivity index (χ1v) is 5.76. The number of aryl methyl sites for hydroxylation is 1. The van der Waals surface area contributed by atoms with Gasteiger partial charge in [-0.05, 0) is 6.42 Å². The van der Waals surface area contributed by atoms with Crippen LogP contribution in [-0.2, 0) is 11.3 Å². The van der Waals surface area contributed by atoms with E-state index in [4.69, 9.17) is 0 Å². The van der Waals surface area contributed by atoms with Gasteiger partial charge in [0, 0.05) is 6.54 Å². The molecule has 0 bridgehead atoms.